The number of likely N-dealkylation sites (tertiary alicyclic amines) is 1. The molecule has 2 rings (SSSR count). The largest absolute Gasteiger partial charge is 0.469 e. The Bertz CT molecular complexity index is 551. The van der Waals surface area contributed by atoms with Gasteiger partial charge in [0.05, 0.1) is 18.4 Å². The minimum absolute atomic E-state index is 0.0955. The quantitative estimate of drug-likeness (QED) is 0.860. The van der Waals surface area contributed by atoms with E-state index in [4.69, 9.17) is 9.15 Å². The van der Waals surface area contributed by atoms with Crippen molar-refractivity contribution in [3.63, 3.8) is 0 Å². The lowest BCUT2D eigenvalue weighted by Gasteiger charge is -2.32. The zero-order valence-electron chi connectivity index (χ0n) is 14.3. The van der Waals surface area contributed by atoms with Crippen molar-refractivity contribution in [2.45, 2.75) is 52.2 Å². The molecule has 2 heterocycles. The number of carbonyl (C=O) groups excluding carboxylic acids is 2. The number of nitrogens with zero attached hydrogens (tertiary/aromatic N) is 1. The van der Waals surface area contributed by atoms with Crippen molar-refractivity contribution in [3.8, 4) is 0 Å². The fourth-order valence-electron chi connectivity index (χ4n) is 2.68. The first-order valence-electron chi connectivity index (χ1n) is 8.04. The highest BCUT2D eigenvalue weighted by Crippen LogP contribution is 2.14. The van der Waals surface area contributed by atoms with Gasteiger partial charge in [0.1, 0.15) is 11.4 Å². The number of aryl methyl sites for hydroxylation is 1. The van der Waals surface area contributed by atoms with E-state index in [1.54, 1.807) is 13.0 Å². The lowest BCUT2D eigenvalue weighted by molar-refractivity contribution is -0.156. The summed E-state index contributed by atoms with van der Waals surface area (Å²) >= 11 is 0. The smallest absolute Gasteiger partial charge is 0.320 e. The van der Waals surface area contributed by atoms with Crippen molar-refractivity contribution < 1.29 is 18.7 Å². The Hall–Kier alpha value is -1.82. The molecule has 0 spiro atoms. The number of carbonyl (C=O) groups is 2. The van der Waals surface area contributed by atoms with Gasteiger partial charge in [-0.15, -0.1) is 0 Å². The normalized spacial score (nSPS) is 17.0. The first-order chi connectivity index (χ1) is 10.7. The second-order valence-corrected chi connectivity index (χ2v) is 7.00. The number of furan rings is 1. The topological polar surface area (TPSA) is 71.8 Å². The van der Waals surface area contributed by atoms with Gasteiger partial charge in [-0.1, -0.05) is 0 Å². The summed E-state index contributed by atoms with van der Waals surface area (Å²) in [7, 11) is 0. The summed E-state index contributed by atoms with van der Waals surface area (Å²) < 4.78 is 10.5. The van der Waals surface area contributed by atoms with Gasteiger partial charge < -0.3 is 14.5 Å². The van der Waals surface area contributed by atoms with Crippen LogP contribution < -0.4 is 5.32 Å². The molecule has 1 aliphatic rings. The third-order valence-electron chi connectivity index (χ3n) is 3.80. The van der Waals surface area contributed by atoms with Crippen molar-refractivity contribution in [1.29, 1.82) is 0 Å². The molecule has 6 heteroatoms. The Morgan fingerprint density at radius 2 is 2.00 bits per heavy atom. The molecule has 1 amide bonds. The maximum absolute atomic E-state index is 12.2. The molecule has 0 aromatic carbocycles. The molecule has 0 radical (unpaired) electrons. The number of hydrogen-bond donors (Lipinski definition) is 1. The first kappa shape index (κ1) is 17.5. The van der Waals surface area contributed by atoms with Gasteiger partial charge in [-0.3, -0.25) is 14.5 Å². The van der Waals surface area contributed by atoms with E-state index in [9.17, 15) is 9.59 Å². The second-order valence-electron chi connectivity index (χ2n) is 7.00. The maximum atomic E-state index is 12.2. The van der Waals surface area contributed by atoms with Gasteiger partial charge in [0.15, 0.2) is 0 Å². The van der Waals surface area contributed by atoms with Crippen LogP contribution in [0.15, 0.2) is 16.7 Å². The Morgan fingerprint density at radius 1 is 1.35 bits per heavy atom. The van der Waals surface area contributed by atoms with E-state index >= 15 is 0 Å². The molecule has 1 N–H and O–H groups in total. The van der Waals surface area contributed by atoms with E-state index in [1.807, 2.05) is 20.8 Å². The molecule has 0 aliphatic carbocycles. The number of ether oxygens (including phenoxy) is 1. The van der Waals surface area contributed by atoms with Crippen LogP contribution in [0.25, 0.3) is 0 Å². The predicted molar refractivity (Wildman–Crippen MR) is 86.2 cm³/mol. The third kappa shape index (κ3) is 5.39. The number of nitrogens with one attached hydrogen (secondary N) is 1. The maximum Gasteiger partial charge on any atom is 0.320 e. The summed E-state index contributed by atoms with van der Waals surface area (Å²) in [5.41, 5.74) is 0.132. The summed E-state index contributed by atoms with van der Waals surface area (Å²) in [6.45, 7) is 9.22. The minimum Gasteiger partial charge on any atom is -0.469 e. The molecule has 1 aliphatic heterocycles. The van der Waals surface area contributed by atoms with Crippen LogP contribution >= 0.6 is 0 Å². The Kier molecular flexibility index (Phi) is 5.46. The first-order valence-corrected chi connectivity index (χ1v) is 8.04. The molecule has 0 unspecified atom stereocenters. The fraction of sp³-hybridized carbons (Fsp3) is 0.647. The molecule has 128 valence electrons. The van der Waals surface area contributed by atoms with E-state index < -0.39 is 5.60 Å². The summed E-state index contributed by atoms with van der Waals surface area (Å²) in [4.78, 5) is 26.1. The average Bonchev–Trinajstić information content (AvgIpc) is 2.85. The van der Waals surface area contributed by atoms with Gasteiger partial charge in [-0.2, -0.15) is 0 Å². The van der Waals surface area contributed by atoms with Gasteiger partial charge in [0, 0.05) is 19.1 Å². The fourth-order valence-corrected chi connectivity index (χ4v) is 2.68. The molecular formula is C17H26N2O4. The molecule has 0 bridgehead atoms. The Balaban J connectivity index is 1.75. The number of esters is 1. The van der Waals surface area contributed by atoms with Crippen LogP contribution in [-0.2, 0) is 9.53 Å². The third-order valence-corrected chi connectivity index (χ3v) is 3.80. The number of piperidine rings is 1. The van der Waals surface area contributed by atoms with Crippen molar-refractivity contribution in [3.05, 3.63) is 23.7 Å². The molecule has 1 saturated heterocycles. The molecule has 0 saturated carbocycles. The summed E-state index contributed by atoms with van der Waals surface area (Å²) in [6.07, 6.45) is 3.17. The summed E-state index contributed by atoms with van der Waals surface area (Å²) in [5, 5.41) is 3.03. The molecular weight excluding hydrogens is 296 g/mol. The Labute approximate surface area is 137 Å². The van der Waals surface area contributed by atoms with Gasteiger partial charge in [-0.05, 0) is 46.6 Å². The lowest BCUT2D eigenvalue weighted by Crippen LogP contribution is -2.46. The molecule has 23 heavy (non-hydrogen) atoms. The average molecular weight is 322 g/mol. The molecule has 1 fully saturated rings. The van der Waals surface area contributed by atoms with Crippen LogP contribution in [-0.4, -0.2) is 48.1 Å². The van der Waals surface area contributed by atoms with Crippen LogP contribution in [0.2, 0.25) is 0 Å². The van der Waals surface area contributed by atoms with E-state index in [0.717, 1.165) is 25.9 Å². The van der Waals surface area contributed by atoms with Crippen molar-refractivity contribution in [2.75, 3.05) is 19.6 Å². The number of rotatable bonds is 4. The minimum atomic E-state index is -0.453. The van der Waals surface area contributed by atoms with Crippen LogP contribution in [0.3, 0.4) is 0 Å². The highest BCUT2D eigenvalue weighted by Gasteiger charge is 2.25. The monoisotopic (exact) mass is 322 g/mol. The highest BCUT2D eigenvalue weighted by molar-refractivity contribution is 5.95. The zero-order chi connectivity index (χ0) is 17.0. The van der Waals surface area contributed by atoms with Gasteiger partial charge in [0.2, 0.25) is 0 Å². The van der Waals surface area contributed by atoms with Crippen LogP contribution in [0.1, 0.15) is 49.7 Å². The second kappa shape index (κ2) is 7.17. The zero-order valence-corrected chi connectivity index (χ0v) is 14.3. The SMILES string of the molecule is Cc1occc1C(=O)NC1CCN(CC(=O)OC(C)(C)C)CC1. The lowest BCUT2D eigenvalue weighted by atomic mass is 10.0. The van der Waals surface area contributed by atoms with Crippen molar-refractivity contribution in [2.24, 2.45) is 0 Å². The summed E-state index contributed by atoms with van der Waals surface area (Å²) in [5.74, 6) is 0.334. The van der Waals surface area contributed by atoms with E-state index in [2.05, 4.69) is 10.2 Å². The van der Waals surface area contributed by atoms with Crippen LogP contribution in [0.4, 0.5) is 0 Å². The Morgan fingerprint density at radius 3 is 2.52 bits per heavy atom. The standard InChI is InChI=1S/C17H26N2O4/c1-12-14(7-10-22-12)16(21)18-13-5-8-19(9-6-13)11-15(20)23-17(2,3)4/h7,10,13H,5-6,8-9,11H2,1-4H3,(H,18,21). The number of hydrogen-bond acceptors (Lipinski definition) is 5. The van der Waals surface area contributed by atoms with Gasteiger partial charge in [0.25, 0.3) is 5.91 Å². The molecule has 1 aromatic heterocycles. The van der Waals surface area contributed by atoms with Crippen LogP contribution in [0.5, 0.6) is 0 Å². The van der Waals surface area contributed by atoms with Gasteiger partial charge >= 0.3 is 5.97 Å². The van der Waals surface area contributed by atoms with Crippen molar-refractivity contribution >= 4 is 11.9 Å². The molecule has 0 atom stereocenters. The number of amides is 1. The summed E-state index contributed by atoms with van der Waals surface area (Å²) in [6, 6.07) is 1.81. The molecule has 6 nitrogen and oxygen atoms in total. The highest BCUT2D eigenvalue weighted by atomic mass is 16.6. The molecule has 1 aromatic rings. The van der Waals surface area contributed by atoms with E-state index in [0.29, 0.717) is 17.9 Å². The predicted octanol–water partition coefficient (Wildman–Crippen LogP) is 2.12. The van der Waals surface area contributed by atoms with Crippen LogP contribution in [0, 0.1) is 6.92 Å². The van der Waals surface area contributed by atoms with E-state index in [1.165, 1.54) is 6.26 Å². The van der Waals surface area contributed by atoms with Gasteiger partial charge in [-0.25, -0.2) is 0 Å². The van der Waals surface area contributed by atoms with E-state index in [-0.39, 0.29) is 17.9 Å². The van der Waals surface area contributed by atoms with Crippen molar-refractivity contribution in [1.82, 2.24) is 10.2 Å².